The molecule has 1 saturated heterocycles. The quantitative estimate of drug-likeness (QED) is 0.597. The molecule has 1 aliphatic rings. The first-order valence-corrected chi connectivity index (χ1v) is 5.78. The molecule has 1 amide bonds. The smallest absolute Gasteiger partial charge is 0.217 e. The molecule has 0 aromatic carbocycles. The first-order chi connectivity index (χ1) is 5.41. The van der Waals surface area contributed by atoms with Gasteiger partial charge in [0, 0.05) is 6.92 Å². The van der Waals surface area contributed by atoms with Gasteiger partial charge in [-0.25, -0.2) is 8.42 Å². The number of halogens is 1. The van der Waals surface area contributed by atoms with Gasteiger partial charge in [-0.05, 0) is 0 Å². The van der Waals surface area contributed by atoms with Gasteiger partial charge in [-0.2, -0.15) is 0 Å². The molecular weight excluding hydrogens is 202 g/mol. The molecule has 1 rings (SSSR count). The van der Waals surface area contributed by atoms with E-state index < -0.39 is 21.3 Å². The lowest BCUT2D eigenvalue weighted by atomic mass is 10.2. The highest BCUT2D eigenvalue weighted by atomic mass is 35.5. The molecular formula is C6H10ClNO3S. The van der Waals surface area contributed by atoms with Crippen molar-refractivity contribution in [2.45, 2.75) is 18.3 Å². The van der Waals surface area contributed by atoms with Gasteiger partial charge in [0.2, 0.25) is 5.91 Å². The minimum Gasteiger partial charge on any atom is -0.351 e. The zero-order valence-corrected chi connectivity index (χ0v) is 8.15. The van der Waals surface area contributed by atoms with E-state index in [-0.39, 0.29) is 17.4 Å². The lowest BCUT2D eigenvalue weighted by Gasteiger charge is -2.11. The fourth-order valence-corrected chi connectivity index (χ4v) is 3.75. The zero-order chi connectivity index (χ0) is 9.35. The summed E-state index contributed by atoms with van der Waals surface area (Å²) in [5.74, 6) is -0.331. The van der Waals surface area contributed by atoms with Crippen molar-refractivity contribution in [1.29, 1.82) is 0 Å². The molecule has 6 heteroatoms. The average molecular weight is 212 g/mol. The second kappa shape index (κ2) is 3.22. The SMILES string of the molecule is CC(=O)N[C@@H]1CS(=O)(=O)C[C@H]1Cl. The van der Waals surface area contributed by atoms with Gasteiger partial charge in [0.25, 0.3) is 0 Å². The maximum absolute atomic E-state index is 11.0. The number of alkyl halides is 1. The van der Waals surface area contributed by atoms with Crippen LogP contribution in [-0.4, -0.2) is 37.2 Å². The number of sulfone groups is 1. The molecule has 1 heterocycles. The van der Waals surface area contributed by atoms with Crippen LogP contribution in [0.2, 0.25) is 0 Å². The third kappa shape index (κ3) is 2.35. The Morgan fingerprint density at radius 1 is 1.50 bits per heavy atom. The number of amides is 1. The van der Waals surface area contributed by atoms with Gasteiger partial charge in [0.15, 0.2) is 9.84 Å². The molecule has 0 bridgehead atoms. The van der Waals surface area contributed by atoms with E-state index in [1.54, 1.807) is 0 Å². The number of rotatable bonds is 1. The maximum Gasteiger partial charge on any atom is 0.217 e. The summed E-state index contributed by atoms with van der Waals surface area (Å²) < 4.78 is 22.0. The van der Waals surface area contributed by atoms with Gasteiger partial charge >= 0.3 is 0 Å². The van der Waals surface area contributed by atoms with Gasteiger partial charge in [-0.3, -0.25) is 4.79 Å². The van der Waals surface area contributed by atoms with E-state index in [9.17, 15) is 13.2 Å². The van der Waals surface area contributed by atoms with Gasteiger partial charge in [0.05, 0.1) is 22.9 Å². The zero-order valence-electron chi connectivity index (χ0n) is 6.58. The highest BCUT2D eigenvalue weighted by Gasteiger charge is 2.36. The van der Waals surface area contributed by atoms with Crippen LogP contribution < -0.4 is 5.32 Å². The lowest BCUT2D eigenvalue weighted by Crippen LogP contribution is -2.39. The summed E-state index contributed by atoms with van der Waals surface area (Å²) in [7, 11) is -3.04. The van der Waals surface area contributed by atoms with Crippen molar-refractivity contribution >= 4 is 27.3 Å². The van der Waals surface area contributed by atoms with Crippen molar-refractivity contribution in [3.8, 4) is 0 Å². The summed E-state index contributed by atoms with van der Waals surface area (Å²) in [6.07, 6.45) is 0. The van der Waals surface area contributed by atoms with E-state index in [1.165, 1.54) is 6.92 Å². The molecule has 0 unspecified atom stereocenters. The molecule has 70 valence electrons. The van der Waals surface area contributed by atoms with Crippen LogP contribution in [0, 0.1) is 0 Å². The predicted octanol–water partition coefficient (Wildman–Crippen LogP) is -0.473. The van der Waals surface area contributed by atoms with E-state index in [1.807, 2.05) is 0 Å². The topological polar surface area (TPSA) is 63.2 Å². The highest BCUT2D eigenvalue weighted by Crippen LogP contribution is 2.17. The maximum atomic E-state index is 11.0. The first-order valence-electron chi connectivity index (χ1n) is 3.52. The van der Waals surface area contributed by atoms with Crippen LogP contribution in [-0.2, 0) is 14.6 Å². The van der Waals surface area contributed by atoms with Crippen molar-refractivity contribution < 1.29 is 13.2 Å². The first kappa shape index (κ1) is 9.80. The summed E-state index contributed by atoms with van der Waals surface area (Å²) in [5.41, 5.74) is 0. The van der Waals surface area contributed by atoms with Crippen molar-refractivity contribution in [3.63, 3.8) is 0 Å². The Bertz CT molecular complexity index is 287. The average Bonchev–Trinajstić information content (AvgIpc) is 2.03. The minimum absolute atomic E-state index is 0.0409. The Morgan fingerprint density at radius 2 is 2.08 bits per heavy atom. The Kier molecular flexibility index (Phi) is 2.63. The number of nitrogens with one attached hydrogen (secondary N) is 1. The summed E-state index contributed by atoms with van der Waals surface area (Å²) in [6.45, 7) is 1.34. The molecule has 0 aliphatic carbocycles. The van der Waals surface area contributed by atoms with Crippen LogP contribution >= 0.6 is 11.6 Å². The minimum atomic E-state index is -3.04. The van der Waals surface area contributed by atoms with Crippen LogP contribution in [0.15, 0.2) is 0 Å². The molecule has 12 heavy (non-hydrogen) atoms. The van der Waals surface area contributed by atoms with Crippen LogP contribution in [0.1, 0.15) is 6.92 Å². The van der Waals surface area contributed by atoms with Crippen molar-refractivity contribution in [2.75, 3.05) is 11.5 Å². The monoisotopic (exact) mass is 211 g/mol. The molecule has 0 aromatic rings. The number of carbonyl (C=O) groups excluding carboxylic acids is 1. The van der Waals surface area contributed by atoms with E-state index >= 15 is 0 Å². The second-order valence-electron chi connectivity index (χ2n) is 2.90. The van der Waals surface area contributed by atoms with E-state index in [0.717, 1.165) is 0 Å². The summed E-state index contributed by atoms with van der Waals surface area (Å²) in [4.78, 5) is 10.6. The predicted molar refractivity (Wildman–Crippen MR) is 45.9 cm³/mol. The third-order valence-electron chi connectivity index (χ3n) is 1.67. The Hall–Kier alpha value is -0.290. The highest BCUT2D eigenvalue weighted by molar-refractivity contribution is 7.91. The van der Waals surface area contributed by atoms with Crippen molar-refractivity contribution in [2.24, 2.45) is 0 Å². The van der Waals surface area contributed by atoms with Crippen molar-refractivity contribution in [1.82, 2.24) is 5.32 Å². The Labute approximate surface area is 76.2 Å². The Balaban J connectivity index is 2.64. The number of carbonyl (C=O) groups is 1. The molecule has 0 saturated carbocycles. The van der Waals surface area contributed by atoms with Crippen LogP contribution in [0.5, 0.6) is 0 Å². The fraction of sp³-hybridized carbons (Fsp3) is 0.833. The van der Waals surface area contributed by atoms with Crippen LogP contribution in [0.25, 0.3) is 0 Å². The molecule has 0 aromatic heterocycles. The molecule has 2 atom stereocenters. The number of hydrogen-bond acceptors (Lipinski definition) is 3. The third-order valence-corrected chi connectivity index (χ3v) is 4.05. The second-order valence-corrected chi connectivity index (χ2v) is 5.61. The summed E-state index contributed by atoms with van der Waals surface area (Å²) >= 11 is 5.71. The Morgan fingerprint density at radius 3 is 2.42 bits per heavy atom. The fourth-order valence-electron chi connectivity index (χ4n) is 1.20. The molecule has 0 spiro atoms. The van der Waals surface area contributed by atoms with Gasteiger partial charge in [-0.1, -0.05) is 0 Å². The van der Waals surface area contributed by atoms with E-state index in [4.69, 9.17) is 11.6 Å². The van der Waals surface area contributed by atoms with Gasteiger partial charge < -0.3 is 5.32 Å². The molecule has 1 fully saturated rings. The van der Waals surface area contributed by atoms with E-state index in [2.05, 4.69) is 5.32 Å². The van der Waals surface area contributed by atoms with Gasteiger partial charge in [-0.15, -0.1) is 11.6 Å². The van der Waals surface area contributed by atoms with Gasteiger partial charge in [0.1, 0.15) is 0 Å². The number of hydrogen-bond donors (Lipinski definition) is 1. The molecule has 1 aliphatic heterocycles. The van der Waals surface area contributed by atoms with Crippen molar-refractivity contribution in [3.05, 3.63) is 0 Å². The largest absolute Gasteiger partial charge is 0.351 e. The lowest BCUT2D eigenvalue weighted by molar-refractivity contribution is -0.119. The summed E-state index contributed by atoms with van der Waals surface area (Å²) in [5, 5.41) is 2.01. The van der Waals surface area contributed by atoms with Crippen LogP contribution in [0.4, 0.5) is 0 Å². The molecule has 4 nitrogen and oxygen atoms in total. The molecule has 0 radical (unpaired) electrons. The summed E-state index contributed by atoms with van der Waals surface area (Å²) in [6, 6.07) is -0.422. The normalized spacial score (nSPS) is 33.2. The molecule has 1 N–H and O–H groups in total. The van der Waals surface area contributed by atoms with E-state index in [0.29, 0.717) is 0 Å². The standard InChI is InChI=1S/C6H10ClNO3S/c1-4(9)8-6-3-12(10,11)2-5(6)7/h5-6H,2-3H2,1H3,(H,8,9)/t5-,6-/m1/s1. The van der Waals surface area contributed by atoms with Crippen LogP contribution in [0.3, 0.4) is 0 Å².